The molecule has 3 fully saturated rings. The first kappa shape index (κ1) is 12.4. The second-order valence-electron chi connectivity index (χ2n) is 6.00. The summed E-state index contributed by atoms with van der Waals surface area (Å²) in [6, 6.07) is 0.417. The molecule has 3 unspecified atom stereocenters. The molecule has 1 aliphatic heterocycles. The van der Waals surface area contributed by atoms with Crippen LogP contribution < -0.4 is 10.6 Å². The maximum absolute atomic E-state index is 12.2. The number of amides is 1. The number of hydrogen-bond donors (Lipinski definition) is 2. The molecule has 0 bridgehead atoms. The van der Waals surface area contributed by atoms with E-state index in [0.29, 0.717) is 18.1 Å². The lowest BCUT2D eigenvalue weighted by Gasteiger charge is -2.36. The molecule has 2 N–H and O–H groups in total. The van der Waals surface area contributed by atoms with E-state index in [1.54, 1.807) is 0 Å². The lowest BCUT2D eigenvalue weighted by atomic mass is 9.88. The van der Waals surface area contributed by atoms with Gasteiger partial charge >= 0.3 is 0 Å². The van der Waals surface area contributed by atoms with Crippen molar-refractivity contribution in [1.82, 2.24) is 10.6 Å². The molecule has 3 aliphatic rings. The molecule has 0 aromatic carbocycles. The highest BCUT2D eigenvalue weighted by Gasteiger charge is 2.43. The topological polar surface area (TPSA) is 50.4 Å². The number of rotatable bonds is 4. The summed E-state index contributed by atoms with van der Waals surface area (Å²) < 4.78 is 5.52. The predicted octanol–water partition coefficient (Wildman–Crippen LogP) is 1.06. The Bertz CT molecular complexity index is 315. The molecule has 1 heterocycles. The van der Waals surface area contributed by atoms with E-state index in [0.717, 1.165) is 31.9 Å². The van der Waals surface area contributed by atoms with Gasteiger partial charge in [-0.05, 0) is 51.0 Å². The van der Waals surface area contributed by atoms with Gasteiger partial charge in [-0.2, -0.15) is 0 Å². The number of ether oxygens (including phenoxy) is 1. The summed E-state index contributed by atoms with van der Waals surface area (Å²) in [6.07, 6.45) is 6.17. The molecule has 4 heteroatoms. The monoisotopic (exact) mass is 252 g/mol. The van der Waals surface area contributed by atoms with Crippen molar-refractivity contribution in [3.63, 3.8) is 0 Å². The maximum Gasteiger partial charge on any atom is 0.237 e. The summed E-state index contributed by atoms with van der Waals surface area (Å²) in [4.78, 5) is 12.2. The van der Waals surface area contributed by atoms with E-state index in [9.17, 15) is 4.79 Å². The van der Waals surface area contributed by atoms with Crippen molar-refractivity contribution >= 4 is 5.91 Å². The first-order valence-electron chi connectivity index (χ1n) is 7.43. The van der Waals surface area contributed by atoms with Crippen LogP contribution >= 0.6 is 0 Å². The second kappa shape index (κ2) is 5.17. The standard InChI is InChI=1S/C14H24N2O2/c1-2-18-11-6-10(7-11)16-14(17)13-12-5-3-4-9(12)8-15-13/h9-13,15H,2-8H2,1H3,(H,16,17). The summed E-state index contributed by atoms with van der Waals surface area (Å²) in [5.74, 6) is 1.57. The first-order valence-corrected chi connectivity index (χ1v) is 7.43. The summed E-state index contributed by atoms with van der Waals surface area (Å²) >= 11 is 0. The van der Waals surface area contributed by atoms with Gasteiger partial charge in [0.15, 0.2) is 0 Å². The van der Waals surface area contributed by atoms with Gasteiger partial charge in [0.05, 0.1) is 12.1 Å². The number of carbonyl (C=O) groups is 1. The highest BCUT2D eigenvalue weighted by Crippen LogP contribution is 2.38. The molecule has 1 amide bonds. The predicted molar refractivity (Wildman–Crippen MR) is 69.2 cm³/mol. The van der Waals surface area contributed by atoms with Gasteiger partial charge in [0, 0.05) is 12.6 Å². The van der Waals surface area contributed by atoms with Crippen LogP contribution in [0.5, 0.6) is 0 Å². The van der Waals surface area contributed by atoms with Crippen LogP contribution in [-0.2, 0) is 9.53 Å². The fourth-order valence-corrected chi connectivity index (χ4v) is 3.82. The van der Waals surface area contributed by atoms with Crippen LogP contribution in [0.15, 0.2) is 0 Å². The molecule has 0 aromatic rings. The zero-order chi connectivity index (χ0) is 12.5. The van der Waals surface area contributed by atoms with Crippen LogP contribution in [0.1, 0.15) is 39.0 Å². The van der Waals surface area contributed by atoms with Crippen molar-refractivity contribution in [2.75, 3.05) is 13.2 Å². The molecular formula is C14H24N2O2. The molecule has 3 atom stereocenters. The number of fused-ring (bicyclic) bond motifs is 1. The van der Waals surface area contributed by atoms with Gasteiger partial charge in [-0.3, -0.25) is 4.79 Å². The molecule has 2 aliphatic carbocycles. The van der Waals surface area contributed by atoms with E-state index >= 15 is 0 Å². The Kier molecular flexibility index (Phi) is 3.57. The highest BCUT2D eigenvalue weighted by atomic mass is 16.5. The van der Waals surface area contributed by atoms with Crippen LogP contribution in [0.4, 0.5) is 0 Å². The van der Waals surface area contributed by atoms with Crippen LogP contribution in [0.2, 0.25) is 0 Å². The van der Waals surface area contributed by atoms with Crippen molar-refractivity contribution in [2.45, 2.75) is 57.2 Å². The number of nitrogens with one attached hydrogen (secondary N) is 2. The number of hydrogen-bond acceptors (Lipinski definition) is 3. The van der Waals surface area contributed by atoms with E-state index in [-0.39, 0.29) is 11.9 Å². The minimum atomic E-state index is 0.0728. The van der Waals surface area contributed by atoms with Crippen molar-refractivity contribution < 1.29 is 9.53 Å². The van der Waals surface area contributed by atoms with Crippen LogP contribution in [0.3, 0.4) is 0 Å². The first-order chi connectivity index (χ1) is 8.78. The Balaban J connectivity index is 1.45. The molecule has 2 saturated carbocycles. The minimum Gasteiger partial charge on any atom is -0.378 e. The smallest absolute Gasteiger partial charge is 0.237 e. The Morgan fingerprint density at radius 3 is 3.00 bits per heavy atom. The Morgan fingerprint density at radius 2 is 2.22 bits per heavy atom. The zero-order valence-electron chi connectivity index (χ0n) is 11.2. The maximum atomic E-state index is 12.2. The Morgan fingerprint density at radius 1 is 1.39 bits per heavy atom. The van der Waals surface area contributed by atoms with Crippen LogP contribution in [0, 0.1) is 11.8 Å². The van der Waals surface area contributed by atoms with E-state index < -0.39 is 0 Å². The fraction of sp³-hybridized carbons (Fsp3) is 0.929. The summed E-state index contributed by atoms with van der Waals surface area (Å²) in [6.45, 7) is 3.84. The van der Waals surface area contributed by atoms with Crippen molar-refractivity contribution in [3.05, 3.63) is 0 Å². The molecule has 0 aromatic heterocycles. The Hall–Kier alpha value is -0.610. The quantitative estimate of drug-likeness (QED) is 0.786. The Labute approximate surface area is 109 Å². The second-order valence-corrected chi connectivity index (χ2v) is 6.00. The van der Waals surface area contributed by atoms with Crippen molar-refractivity contribution in [2.24, 2.45) is 11.8 Å². The van der Waals surface area contributed by atoms with Gasteiger partial charge in [0.25, 0.3) is 0 Å². The van der Waals surface area contributed by atoms with Crippen molar-refractivity contribution in [1.29, 1.82) is 0 Å². The lowest BCUT2D eigenvalue weighted by Crippen LogP contribution is -2.53. The summed E-state index contributed by atoms with van der Waals surface area (Å²) in [5.41, 5.74) is 0. The molecule has 0 spiro atoms. The third-order valence-corrected chi connectivity index (χ3v) is 4.87. The van der Waals surface area contributed by atoms with E-state index in [1.807, 2.05) is 6.92 Å². The van der Waals surface area contributed by atoms with Gasteiger partial charge in [-0.15, -0.1) is 0 Å². The van der Waals surface area contributed by atoms with Crippen LogP contribution in [-0.4, -0.2) is 37.2 Å². The lowest BCUT2D eigenvalue weighted by molar-refractivity contribution is -0.126. The van der Waals surface area contributed by atoms with E-state index in [1.165, 1.54) is 19.3 Å². The van der Waals surface area contributed by atoms with E-state index in [4.69, 9.17) is 4.74 Å². The molecular weight excluding hydrogens is 228 g/mol. The normalized spacial score (nSPS) is 42.4. The minimum absolute atomic E-state index is 0.0728. The van der Waals surface area contributed by atoms with Gasteiger partial charge in [-0.1, -0.05) is 6.42 Å². The largest absolute Gasteiger partial charge is 0.378 e. The third kappa shape index (κ3) is 2.28. The van der Waals surface area contributed by atoms with Gasteiger partial charge in [0.1, 0.15) is 0 Å². The SMILES string of the molecule is CCOC1CC(NC(=O)C2NCC3CCCC32)C1. The molecule has 1 saturated heterocycles. The van der Waals surface area contributed by atoms with Gasteiger partial charge < -0.3 is 15.4 Å². The van der Waals surface area contributed by atoms with E-state index in [2.05, 4.69) is 10.6 Å². The third-order valence-electron chi connectivity index (χ3n) is 4.87. The van der Waals surface area contributed by atoms with Crippen LogP contribution in [0.25, 0.3) is 0 Å². The fourth-order valence-electron chi connectivity index (χ4n) is 3.82. The highest BCUT2D eigenvalue weighted by molar-refractivity contribution is 5.83. The zero-order valence-corrected chi connectivity index (χ0v) is 11.2. The average Bonchev–Trinajstić information content (AvgIpc) is 2.87. The number of carbonyl (C=O) groups excluding carboxylic acids is 1. The van der Waals surface area contributed by atoms with Gasteiger partial charge in [-0.25, -0.2) is 0 Å². The molecule has 102 valence electrons. The summed E-state index contributed by atoms with van der Waals surface area (Å²) in [7, 11) is 0. The van der Waals surface area contributed by atoms with Gasteiger partial charge in [0.2, 0.25) is 5.91 Å². The van der Waals surface area contributed by atoms with Crippen molar-refractivity contribution in [3.8, 4) is 0 Å². The molecule has 3 rings (SSSR count). The molecule has 18 heavy (non-hydrogen) atoms. The molecule has 4 nitrogen and oxygen atoms in total. The average molecular weight is 252 g/mol. The molecule has 0 radical (unpaired) electrons. The summed E-state index contributed by atoms with van der Waals surface area (Å²) in [5, 5.41) is 6.58.